The summed E-state index contributed by atoms with van der Waals surface area (Å²) in [5.74, 6) is -0.304. The van der Waals surface area contributed by atoms with Crippen LogP contribution in [-0.4, -0.2) is 33.7 Å². The van der Waals surface area contributed by atoms with Gasteiger partial charge >= 0.3 is 0 Å². The number of aliphatic hydroxyl groups is 1. The number of hydrogen-bond donors (Lipinski definition) is 1. The highest BCUT2D eigenvalue weighted by Gasteiger charge is 2.39. The van der Waals surface area contributed by atoms with Crippen molar-refractivity contribution in [2.75, 3.05) is 13.1 Å². The molecular weight excluding hydrogens is 207 g/mol. The Morgan fingerprint density at radius 3 is 2.88 bits per heavy atom. The first kappa shape index (κ1) is 11.5. The number of halogens is 1. The molecule has 0 unspecified atom stereocenters. The van der Waals surface area contributed by atoms with Gasteiger partial charge in [0.25, 0.3) is 0 Å². The maximum absolute atomic E-state index is 12.9. The summed E-state index contributed by atoms with van der Waals surface area (Å²) < 4.78 is 12.9. The highest BCUT2D eigenvalue weighted by molar-refractivity contribution is 5.11. The van der Waals surface area contributed by atoms with Crippen molar-refractivity contribution in [3.05, 3.63) is 29.8 Å². The van der Waals surface area contributed by atoms with Crippen LogP contribution in [0.25, 0.3) is 0 Å². The molecule has 1 fully saturated rings. The molecule has 1 aromatic heterocycles. The molecule has 3 nitrogen and oxygen atoms in total. The minimum absolute atomic E-state index is 0.304. The van der Waals surface area contributed by atoms with Crippen LogP contribution in [0, 0.1) is 5.82 Å². The zero-order valence-electron chi connectivity index (χ0n) is 9.49. The summed E-state index contributed by atoms with van der Waals surface area (Å²) in [6.07, 6.45) is 4.70. The van der Waals surface area contributed by atoms with Gasteiger partial charge < -0.3 is 5.11 Å². The van der Waals surface area contributed by atoms with E-state index in [2.05, 4.69) is 16.8 Å². The van der Waals surface area contributed by atoms with E-state index in [0.29, 0.717) is 19.6 Å². The van der Waals surface area contributed by atoms with Gasteiger partial charge in [-0.25, -0.2) is 4.39 Å². The Kier molecular flexibility index (Phi) is 3.21. The minimum Gasteiger partial charge on any atom is -0.387 e. The molecular formula is C12H17FN2O. The molecule has 0 aliphatic carbocycles. The summed E-state index contributed by atoms with van der Waals surface area (Å²) in [6, 6.07) is 1.49. The third kappa shape index (κ3) is 2.57. The number of β-amino-alcohol motifs (C(OH)–C–C–N with tert-alkyl or cyclic N) is 1. The SMILES string of the molecule is CCCC1(O)CN(Cc2cncc(F)c2)C1. The van der Waals surface area contributed by atoms with E-state index in [0.717, 1.165) is 18.4 Å². The van der Waals surface area contributed by atoms with Crippen LogP contribution in [0.2, 0.25) is 0 Å². The molecule has 1 N–H and O–H groups in total. The van der Waals surface area contributed by atoms with Gasteiger partial charge in [-0.05, 0) is 18.1 Å². The zero-order valence-corrected chi connectivity index (χ0v) is 9.49. The average molecular weight is 224 g/mol. The van der Waals surface area contributed by atoms with Crippen molar-refractivity contribution in [2.45, 2.75) is 31.9 Å². The second kappa shape index (κ2) is 4.47. The van der Waals surface area contributed by atoms with Crippen molar-refractivity contribution < 1.29 is 9.50 Å². The molecule has 0 saturated carbocycles. The predicted molar refractivity (Wildman–Crippen MR) is 59.3 cm³/mol. The average Bonchev–Trinajstić information content (AvgIpc) is 2.15. The summed E-state index contributed by atoms with van der Waals surface area (Å²) >= 11 is 0. The van der Waals surface area contributed by atoms with Crippen molar-refractivity contribution in [1.29, 1.82) is 0 Å². The Morgan fingerprint density at radius 2 is 2.25 bits per heavy atom. The van der Waals surface area contributed by atoms with Crippen LogP contribution in [0.1, 0.15) is 25.3 Å². The van der Waals surface area contributed by atoms with E-state index in [1.54, 1.807) is 6.20 Å². The van der Waals surface area contributed by atoms with Crippen LogP contribution < -0.4 is 0 Å². The van der Waals surface area contributed by atoms with E-state index in [1.807, 2.05) is 0 Å². The Bertz CT molecular complexity index is 364. The van der Waals surface area contributed by atoms with Gasteiger partial charge in [0, 0.05) is 25.8 Å². The third-order valence-electron chi connectivity index (χ3n) is 2.92. The van der Waals surface area contributed by atoms with Gasteiger partial charge in [-0.2, -0.15) is 0 Å². The molecule has 0 aromatic carbocycles. The van der Waals surface area contributed by atoms with Crippen molar-refractivity contribution in [1.82, 2.24) is 9.88 Å². The number of nitrogens with zero attached hydrogens (tertiary/aromatic N) is 2. The smallest absolute Gasteiger partial charge is 0.141 e. The highest BCUT2D eigenvalue weighted by Crippen LogP contribution is 2.27. The number of pyridine rings is 1. The maximum atomic E-state index is 12.9. The number of hydrogen-bond acceptors (Lipinski definition) is 3. The molecule has 1 aliphatic rings. The van der Waals surface area contributed by atoms with E-state index < -0.39 is 5.60 Å². The van der Waals surface area contributed by atoms with E-state index in [9.17, 15) is 9.50 Å². The van der Waals surface area contributed by atoms with E-state index in [4.69, 9.17) is 0 Å². The molecule has 0 atom stereocenters. The lowest BCUT2D eigenvalue weighted by Crippen LogP contribution is -2.60. The summed E-state index contributed by atoms with van der Waals surface area (Å²) in [6.45, 7) is 4.09. The molecule has 1 aromatic rings. The Morgan fingerprint density at radius 1 is 1.50 bits per heavy atom. The fourth-order valence-corrected chi connectivity index (χ4v) is 2.32. The molecule has 16 heavy (non-hydrogen) atoms. The molecule has 0 bridgehead atoms. The lowest BCUT2D eigenvalue weighted by Gasteiger charge is -2.46. The zero-order chi connectivity index (χ0) is 11.6. The maximum Gasteiger partial charge on any atom is 0.141 e. The fraction of sp³-hybridized carbons (Fsp3) is 0.583. The standard InChI is InChI=1S/C12H17FN2O/c1-2-3-12(16)8-15(9-12)7-10-4-11(13)6-14-5-10/h4-6,16H,2-3,7-9H2,1H3. The molecule has 2 heterocycles. The summed E-state index contributed by atoms with van der Waals surface area (Å²) in [5, 5.41) is 9.98. The van der Waals surface area contributed by atoms with Crippen molar-refractivity contribution in [3.63, 3.8) is 0 Å². The number of aromatic nitrogens is 1. The van der Waals surface area contributed by atoms with Gasteiger partial charge in [-0.15, -0.1) is 0 Å². The predicted octanol–water partition coefficient (Wildman–Crippen LogP) is 1.57. The van der Waals surface area contributed by atoms with Gasteiger partial charge in [0.05, 0.1) is 11.8 Å². The molecule has 88 valence electrons. The Hall–Kier alpha value is -1.00. The van der Waals surface area contributed by atoms with E-state index in [-0.39, 0.29) is 5.82 Å². The first-order valence-corrected chi connectivity index (χ1v) is 5.65. The van der Waals surface area contributed by atoms with Gasteiger partial charge in [0.15, 0.2) is 0 Å². The second-order valence-corrected chi connectivity index (χ2v) is 4.63. The first-order chi connectivity index (χ1) is 7.61. The monoisotopic (exact) mass is 224 g/mol. The van der Waals surface area contributed by atoms with Crippen LogP contribution in [0.3, 0.4) is 0 Å². The van der Waals surface area contributed by atoms with Crippen LogP contribution in [-0.2, 0) is 6.54 Å². The highest BCUT2D eigenvalue weighted by atomic mass is 19.1. The summed E-state index contributed by atoms with van der Waals surface area (Å²) in [5.41, 5.74) is 0.341. The molecule has 4 heteroatoms. The molecule has 1 aliphatic heterocycles. The van der Waals surface area contributed by atoms with Crippen molar-refractivity contribution in [3.8, 4) is 0 Å². The van der Waals surface area contributed by atoms with Gasteiger partial charge in [-0.3, -0.25) is 9.88 Å². The van der Waals surface area contributed by atoms with Crippen LogP contribution in [0.4, 0.5) is 4.39 Å². The third-order valence-corrected chi connectivity index (χ3v) is 2.92. The second-order valence-electron chi connectivity index (χ2n) is 4.63. The van der Waals surface area contributed by atoms with Crippen molar-refractivity contribution >= 4 is 0 Å². The summed E-state index contributed by atoms with van der Waals surface area (Å²) in [4.78, 5) is 5.91. The molecule has 0 spiro atoms. The minimum atomic E-state index is -0.518. The normalized spacial score (nSPS) is 19.4. The molecule has 2 rings (SSSR count). The van der Waals surface area contributed by atoms with Crippen LogP contribution in [0.5, 0.6) is 0 Å². The lowest BCUT2D eigenvalue weighted by atomic mass is 9.89. The first-order valence-electron chi connectivity index (χ1n) is 5.65. The fourth-order valence-electron chi connectivity index (χ4n) is 2.32. The summed E-state index contributed by atoms with van der Waals surface area (Å²) in [7, 11) is 0. The van der Waals surface area contributed by atoms with Crippen LogP contribution in [0.15, 0.2) is 18.5 Å². The number of likely N-dealkylation sites (tertiary alicyclic amines) is 1. The van der Waals surface area contributed by atoms with E-state index in [1.165, 1.54) is 12.3 Å². The Balaban J connectivity index is 1.85. The Labute approximate surface area is 94.9 Å². The van der Waals surface area contributed by atoms with Gasteiger partial charge in [-0.1, -0.05) is 13.3 Å². The van der Waals surface area contributed by atoms with Crippen LogP contribution >= 0.6 is 0 Å². The molecule has 1 saturated heterocycles. The number of rotatable bonds is 4. The molecule has 0 amide bonds. The largest absolute Gasteiger partial charge is 0.387 e. The quantitative estimate of drug-likeness (QED) is 0.843. The van der Waals surface area contributed by atoms with Crippen molar-refractivity contribution in [2.24, 2.45) is 0 Å². The molecule has 0 radical (unpaired) electrons. The lowest BCUT2D eigenvalue weighted by molar-refractivity contribution is -0.106. The van der Waals surface area contributed by atoms with E-state index >= 15 is 0 Å². The topological polar surface area (TPSA) is 36.4 Å². The van der Waals surface area contributed by atoms with Gasteiger partial charge in [0.1, 0.15) is 5.82 Å². The van der Waals surface area contributed by atoms with Gasteiger partial charge in [0.2, 0.25) is 0 Å².